The second kappa shape index (κ2) is 8.81. The molecule has 9 heteroatoms. The summed E-state index contributed by atoms with van der Waals surface area (Å²) in [5.41, 5.74) is 0.450. The Labute approximate surface area is 199 Å². The first-order valence-corrected chi connectivity index (χ1v) is 11.9. The molecule has 5 rings (SSSR count). The second-order valence-electron chi connectivity index (χ2n) is 10.2. The molecule has 0 spiro atoms. The van der Waals surface area contributed by atoms with Crippen LogP contribution in [0.4, 0.5) is 0 Å². The van der Waals surface area contributed by atoms with Gasteiger partial charge in [0.05, 0.1) is 18.8 Å². The molecule has 1 aliphatic carbocycles. The summed E-state index contributed by atoms with van der Waals surface area (Å²) in [6.07, 6.45) is -2.50. The van der Waals surface area contributed by atoms with Crippen molar-refractivity contribution in [3.8, 4) is 0 Å². The lowest BCUT2D eigenvalue weighted by molar-refractivity contribution is -0.313. The topological polar surface area (TPSA) is 90.9 Å². The van der Waals surface area contributed by atoms with Gasteiger partial charge >= 0.3 is 5.97 Å². The molecule has 3 aliphatic heterocycles. The van der Waals surface area contributed by atoms with Gasteiger partial charge in [-0.3, -0.25) is 0 Å². The highest BCUT2D eigenvalue weighted by Gasteiger charge is 2.66. The fraction of sp³-hybridized carbons (Fsp3) is 0.720. The third-order valence-electron chi connectivity index (χ3n) is 6.85. The maximum atomic E-state index is 13.0. The normalized spacial score (nSPS) is 37.6. The highest BCUT2D eigenvalue weighted by molar-refractivity contribution is 5.89. The minimum absolute atomic E-state index is 0.450. The number of hydrogen-bond acceptors (Lipinski definition) is 9. The summed E-state index contributed by atoms with van der Waals surface area (Å²) >= 11 is 0. The Hall–Kier alpha value is -1.59. The zero-order chi connectivity index (χ0) is 24.1. The standard InChI is InChI=1S/C25H34O9/c1-23(2)30-17-16(29-22(26)15-9-7-6-8-10-15)18-20(33-24(3,4)31-18)21(19(17)32-23)34-25(27-5)11-13-28-14-12-25/h6-10,16-21H,11-14H2,1-5H3/t16?,17-,18-,19-,20+,21?/m0/s1. The molecule has 0 bridgehead atoms. The zero-order valence-corrected chi connectivity index (χ0v) is 20.4. The van der Waals surface area contributed by atoms with Gasteiger partial charge in [-0.1, -0.05) is 18.2 Å². The van der Waals surface area contributed by atoms with E-state index in [-0.39, 0.29) is 0 Å². The van der Waals surface area contributed by atoms with Gasteiger partial charge in [-0.15, -0.1) is 0 Å². The molecular formula is C25H34O9. The predicted molar refractivity (Wildman–Crippen MR) is 118 cm³/mol. The van der Waals surface area contributed by atoms with Gasteiger partial charge in [0.15, 0.2) is 23.5 Å². The van der Waals surface area contributed by atoms with Crippen LogP contribution in [0.1, 0.15) is 50.9 Å². The maximum Gasteiger partial charge on any atom is 0.338 e. The van der Waals surface area contributed by atoms with Crippen molar-refractivity contribution in [2.45, 2.75) is 94.5 Å². The fourth-order valence-corrected chi connectivity index (χ4v) is 5.36. The molecule has 0 N–H and O–H groups in total. The molecule has 2 unspecified atom stereocenters. The highest BCUT2D eigenvalue weighted by Crippen LogP contribution is 2.48. The Bertz CT molecular complexity index is 848. The number of ether oxygens (including phenoxy) is 8. The molecule has 0 radical (unpaired) electrons. The Morgan fingerprint density at radius 1 is 0.824 bits per heavy atom. The highest BCUT2D eigenvalue weighted by atomic mass is 16.8. The van der Waals surface area contributed by atoms with Crippen LogP contribution < -0.4 is 0 Å². The van der Waals surface area contributed by atoms with Crippen LogP contribution >= 0.6 is 0 Å². The lowest BCUT2D eigenvalue weighted by atomic mass is 9.84. The van der Waals surface area contributed by atoms with E-state index in [9.17, 15) is 4.79 Å². The molecule has 1 saturated carbocycles. The van der Waals surface area contributed by atoms with Crippen molar-refractivity contribution in [3.63, 3.8) is 0 Å². The first-order valence-electron chi connectivity index (χ1n) is 11.9. The summed E-state index contributed by atoms with van der Waals surface area (Å²) < 4.78 is 49.3. The molecule has 1 aromatic carbocycles. The molecule has 34 heavy (non-hydrogen) atoms. The van der Waals surface area contributed by atoms with E-state index < -0.39 is 60.0 Å². The number of benzene rings is 1. The van der Waals surface area contributed by atoms with Crippen LogP contribution in [0.25, 0.3) is 0 Å². The minimum Gasteiger partial charge on any atom is -0.453 e. The lowest BCUT2D eigenvalue weighted by Crippen LogP contribution is -2.65. The quantitative estimate of drug-likeness (QED) is 0.468. The first-order chi connectivity index (χ1) is 16.1. The number of carbonyl (C=O) groups excluding carboxylic acids is 1. The first kappa shape index (κ1) is 24.1. The van der Waals surface area contributed by atoms with Gasteiger partial charge in [0.25, 0.3) is 0 Å². The summed E-state index contributed by atoms with van der Waals surface area (Å²) in [7, 11) is 1.64. The van der Waals surface area contributed by atoms with Crippen molar-refractivity contribution in [1.29, 1.82) is 0 Å². The molecule has 3 saturated heterocycles. The molecule has 1 aromatic rings. The van der Waals surface area contributed by atoms with E-state index in [1.54, 1.807) is 31.4 Å². The minimum atomic E-state index is -0.904. The average molecular weight is 479 g/mol. The van der Waals surface area contributed by atoms with Gasteiger partial charge < -0.3 is 37.9 Å². The maximum absolute atomic E-state index is 13.0. The number of fused-ring (bicyclic) bond motifs is 2. The molecule has 9 nitrogen and oxygen atoms in total. The molecule has 6 atom stereocenters. The Kier molecular flexibility index (Phi) is 6.25. The van der Waals surface area contributed by atoms with Crippen LogP contribution in [0.15, 0.2) is 30.3 Å². The lowest BCUT2D eigenvalue weighted by Gasteiger charge is -2.46. The number of methoxy groups -OCH3 is 1. The van der Waals surface area contributed by atoms with Crippen LogP contribution in [0.2, 0.25) is 0 Å². The summed E-state index contributed by atoms with van der Waals surface area (Å²) in [5.74, 6) is -3.10. The second-order valence-corrected chi connectivity index (χ2v) is 10.2. The molecule has 4 fully saturated rings. The van der Waals surface area contributed by atoms with Crippen molar-refractivity contribution < 1.29 is 42.7 Å². The van der Waals surface area contributed by atoms with Gasteiger partial charge in [-0.2, -0.15) is 0 Å². The largest absolute Gasteiger partial charge is 0.453 e. The van der Waals surface area contributed by atoms with Gasteiger partial charge in [0.1, 0.15) is 30.5 Å². The molecule has 188 valence electrons. The van der Waals surface area contributed by atoms with Crippen molar-refractivity contribution in [3.05, 3.63) is 35.9 Å². The van der Waals surface area contributed by atoms with Crippen LogP contribution in [-0.2, 0) is 37.9 Å². The summed E-state index contributed by atoms with van der Waals surface area (Å²) in [6.45, 7) is 8.40. The smallest absolute Gasteiger partial charge is 0.338 e. The van der Waals surface area contributed by atoms with Crippen molar-refractivity contribution in [2.24, 2.45) is 0 Å². The van der Waals surface area contributed by atoms with Crippen molar-refractivity contribution in [1.82, 2.24) is 0 Å². The average Bonchev–Trinajstić information content (AvgIpc) is 3.31. The number of esters is 1. The molecule has 0 amide bonds. The predicted octanol–water partition coefficient (Wildman–Crippen LogP) is 2.80. The van der Waals surface area contributed by atoms with E-state index in [1.165, 1.54) is 0 Å². The fourth-order valence-electron chi connectivity index (χ4n) is 5.36. The van der Waals surface area contributed by atoms with E-state index in [1.807, 2.05) is 33.8 Å². The third kappa shape index (κ3) is 4.51. The van der Waals surface area contributed by atoms with Crippen molar-refractivity contribution in [2.75, 3.05) is 20.3 Å². The van der Waals surface area contributed by atoms with Crippen LogP contribution in [-0.4, -0.2) is 80.3 Å². The summed E-state index contributed by atoms with van der Waals surface area (Å²) in [5, 5.41) is 0. The van der Waals surface area contributed by atoms with E-state index in [0.29, 0.717) is 31.6 Å². The number of carbonyl (C=O) groups is 1. The van der Waals surface area contributed by atoms with Gasteiger partial charge in [0, 0.05) is 20.0 Å². The van der Waals surface area contributed by atoms with E-state index >= 15 is 0 Å². The van der Waals surface area contributed by atoms with E-state index in [2.05, 4.69) is 0 Å². The van der Waals surface area contributed by atoms with Crippen LogP contribution in [0.5, 0.6) is 0 Å². The third-order valence-corrected chi connectivity index (χ3v) is 6.85. The van der Waals surface area contributed by atoms with Crippen LogP contribution in [0.3, 0.4) is 0 Å². The summed E-state index contributed by atoms with van der Waals surface area (Å²) in [4.78, 5) is 13.0. The molecule has 0 aromatic heterocycles. The van der Waals surface area contributed by atoms with Gasteiger partial charge in [0.2, 0.25) is 0 Å². The zero-order valence-electron chi connectivity index (χ0n) is 20.4. The van der Waals surface area contributed by atoms with Gasteiger partial charge in [-0.25, -0.2) is 4.79 Å². The van der Waals surface area contributed by atoms with E-state index in [4.69, 9.17) is 37.9 Å². The Morgan fingerprint density at radius 2 is 1.32 bits per heavy atom. The van der Waals surface area contributed by atoms with Crippen molar-refractivity contribution >= 4 is 5.97 Å². The molecular weight excluding hydrogens is 444 g/mol. The number of hydrogen-bond donors (Lipinski definition) is 0. The SMILES string of the molecule is COC1(OC2[C@H]3OC(C)(C)O[C@H]3C(OC(=O)c3ccccc3)[C@@H]3OC(C)(C)O[C@@H]23)CCOCC1. The van der Waals surface area contributed by atoms with E-state index in [0.717, 1.165) is 0 Å². The monoisotopic (exact) mass is 478 g/mol. The van der Waals surface area contributed by atoms with Gasteiger partial charge in [-0.05, 0) is 39.8 Å². The Balaban J connectivity index is 1.48. The number of rotatable bonds is 5. The summed E-state index contributed by atoms with van der Waals surface area (Å²) in [6, 6.07) is 8.86. The molecule has 4 aliphatic rings. The molecule has 3 heterocycles. The Morgan fingerprint density at radius 3 is 1.82 bits per heavy atom. The van der Waals surface area contributed by atoms with Crippen LogP contribution in [0, 0.1) is 0 Å².